The van der Waals surface area contributed by atoms with E-state index in [0.717, 1.165) is 5.56 Å². The first kappa shape index (κ1) is 20.6. The largest absolute Gasteiger partial charge is 0.423 e. The van der Waals surface area contributed by atoms with Gasteiger partial charge in [0.15, 0.2) is 5.78 Å². The summed E-state index contributed by atoms with van der Waals surface area (Å²) >= 11 is 0. The Morgan fingerprint density at radius 3 is 2.46 bits per heavy atom. The van der Waals surface area contributed by atoms with E-state index in [2.05, 4.69) is 15.3 Å². The molecule has 0 bridgehead atoms. The first-order valence-electron chi connectivity index (χ1n) is 10.9. The molecule has 6 rings (SSSR count). The van der Waals surface area contributed by atoms with Crippen molar-refractivity contribution in [1.29, 1.82) is 0 Å². The summed E-state index contributed by atoms with van der Waals surface area (Å²) in [7, 11) is 0. The van der Waals surface area contributed by atoms with Gasteiger partial charge in [0.05, 0.1) is 16.8 Å². The maximum atomic E-state index is 13.5. The number of nitrogens with one attached hydrogen (secondary N) is 2. The van der Waals surface area contributed by atoms with Crippen molar-refractivity contribution in [3.8, 4) is 5.75 Å². The summed E-state index contributed by atoms with van der Waals surface area (Å²) in [6.45, 7) is 0. The number of fused-ring (bicyclic) bond motifs is 3. The molecular formula is C27H18N4O4. The Kier molecular flexibility index (Phi) is 4.60. The highest BCUT2D eigenvalue weighted by Gasteiger charge is 2.42. The number of esters is 1. The average Bonchev–Trinajstić information content (AvgIpc) is 3.15. The number of hydrogen-bond acceptors (Lipinski definition) is 7. The topological polar surface area (TPSA) is 127 Å². The maximum absolute atomic E-state index is 13.5. The van der Waals surface area contributed by atoms with E-state index in [1.807, 2.05) is 18.2 Å². The van der Waals surface area contributed by atoms with Crippen molar-refractivity contribution in [3.05, 3.63) is 123 Å². The molecule has 0 saturated heterocycles. The summed E-state index contributed by atoms with van der Waals surface area (Å²) in [5.74, 6) is -0.889. The molecule has 0 fully saturated rings. The van der Waals surface area contributed by atoms with Crippen LogP contribution < -0.4 is 21.3 Å². The Hall–Kier alpha value is -4.98. The minimum Gasteiger partial charge on any atom is -0.423 e. The van der Waals surface area contributed by atoms with Crippen molar-refractivity contribution in [2.75, 3.05) is 11.1 Å². The second-order valence-corrected chi connectivity index (χ2v) is 8.26. The minimum absolute atomic E-state index is 0.0350. The van der Waals surface area contributed by atoms with Gasteiger partial charge in [0.1, 0.15) is 11.6 Å². The van der Waals surface area contributed by atoms with E-state index in [9.17, 15) is 14.4 Å². The molecule has 8 nitrogen and oxygen atoms in total. The third-order valence-corrected chi connectivity index (χ3v) is 6.16. The highest BCUT2D eigenvalue weighted by molar-refractivity contribution is 6.23. The maximum Gasteiger partial charge on any atom is 0.343 e. The predicted molar refractivity (Wildman–Crippen MR) is 130 cm³/mol. The summed E-state index contributed by atoms with van der Waals surface area (Å²) in [5, 5.41) is 3.16. The van der Waals surface area contributed by atoms with E-state index >= 15 is 0 Å². The number of H-pyrrole nitrogens is 1. The van der Waals surface area contributed by atoms with Crippen LogP contribution in [0, 0.1) is 0 Å². The fraction of sp³-hybridized carbons (Fsp3) is 0.0370. The molecule has 3 aromatic carbocycles. The number of ether oxygens (including phenoxy) is 1. The fourth-order valence-electron chi connectivity index (χ4n) is 4.67. The molecular weight excluding hydrogens is 444 g/mol. The fourth-order valence-corrected chi connectivity index (χ4v) is 4.67. The summed E-state index contributed by atoms with van der Waals surface area (Å²) < 4.78 is 5.59. The number of carbonyl (C=O) groups excluding carboxylic acids is 2. The third kappa shape index (κ3) is 3.31. The highest BCUT2D eigenvalue weighted by atomic mass is 16.5. The van der Waals surface area contributed by atoms with Crippen LogP contribution >= 0.6 is 0 Å². The van der Waals surface area contributed by atoms with Crippen LogP contribution in [0.4, 0.5) is 11.8 Å². The first-order valence-corrected chi connectivity index (χ1v) is 10.9. The number of ketones is 1. The third-order valence-electron chi connectivity index (χ3n) is 6.16. The lowest BCUT2D eigenvalue weighted by Crippen LogP contribution is -2.28. The summed E-state index contributed by atoms with van der Waals surface area (Å²) in [6.07, 6.45) is 0. The number of nitrogens with two attached hydrogens (primary N) is 1. The van der Waals surface area contributed by atoms with Gasteiger partial charge in [0, 0.05) is 22.6 Å². The Balaban J connectivity index is 1.49. The van der Waals surface area contributed by atoms with E-state index in [1.54, 1.807) is 60.7 Å². The van der Waals surface area contributed by atoms with Crippen molar-refractivity contribution < 1.29 is 14.3 Å². The number of nitrogen functional groups attached to an aromatic ring is 1. The van der Waals surface area contributed by atoms with Crippen molar-refractivity contribution >= 4 is 29.2 Å². The normalized spacial score (nSPS) is 15.7. The molecule has 0 radical (unpaired) electrons. The molecule has 0 saturated carbocycles. The number of nitrogens with zero attached hydrogens (tertiary/aromatic N) is 1. The zero-order chi connectivity index (χ0) is 24.1. The van der Waals surface area contributed by atoms with Gasteiger partial charge in [0.2, 0.25) is 5.95 Å². The monoisotopic (exact) mass is 462 g/mol. The molecule has 0 amide bonds. The van der Waals surface area contributed by atoms with Crippen LogP contribution in [0.1, 0.15) is 43.3 Å². The molecule has 1 unspecified atom stereocenters. The SMILES string of the molecule is Nc1nc2c(c(=O)[nH]1)C(c1cccc(OC(=O)c3ccccc3)c1)C1=C(N2)c2ccccc2C1=O. The molecule has 4 aromatic rings. The Morgan fingerprint density at radius 2 is 1.66 bits per heavy atom. The molecule has 8 heteroatoms. The van der Waals surface area contributed by atoms with Crippen molar-refractivity contribution in [2.45, 2.75) is 5.92 Å². The minimum atomic E-state index is -0.742. The van der Waals surface area contributed by atoms with Gasteiger partial charge in [-0.15, -0.1) is 0 Å². The van der Waals surface area contributed by atoms with Crippen molar-refractivity contribution in [3.63, 3.8) is 0 Å². The molecule has 1 aromatic heterocycles. The number of carbonyl (C=O) groups is 2. The van der Waals surface area contributed by atoms with Gasteiger partial charge in [-0.2, -0.15) is 4.98 Å². The van der Waals surface area contributed by atoms with E-state index in [-0.39, 0.29) is 23.1 Å². The molecule has 1 aliphatic carbocycles. The van der Waals surface area contributed by atoms with E-state index < -0.39 is 17.4 Å². The van der Waals surface area contributed by atoms with Gasteiger partial charge in [-0.3, -0.25) is 14.6 Å². The smallest absolute Gasteiger partial charge is 0.343 e. The second-order valence-electron chi connectivity index (χ2n) is 8.26. The van der Waals surface area contributed by atoms with Crippen LogP contribution in [0.5, 0.6) is 5.75 Å². The van der Waals surface area contributed by atoms with Crippen LogP contribution in [0.15, 0.2) is 89.2 Å². The Morgan fingerprint density at radius 1 is 0.914 bits per heavy atom. The van der Waals surface area contributed by atoms with Gasteiger partial charge in [-0.1, -0.05) is 54.6 Å². The van der Waals surface area contributed by atoms with Crippen LogP contribution in [0.3, 0.4) is 0 Å². The molecule has 2 heterocycles. The number of Topliss-reactive ketones (excluding diaryl/α,β-unsaturated/α-hetero) is 1. The molecule has 4 N–H and O–H groups in total. The van der Waals surface area contributed by atoms with Crippen LogP contribution in [-0.2, 0) is 0 Å². The number of anilines is 2. The van der Waals surface area contributed by atoms with Gasteiger partial charge in [-0.05, 0) is 29.8 Å². The lowest BCUT2D eigenvalue weighted by atomic mass is 9.81. The van der Waals surface area contributed by atoms with Gasteiger partial charge in [0.25, 0.3) is 5.56 Å². The summed E-state index contributed by atoms with van der Waals surface area (Å²) in [4.78, 5) is 46.0. The number of rotatable bonds is 3. The lowest BCUT2D eigenvalue weighted by Gasteiger charge is -2.27. The zero-order valence-corrected chi connectivity index (χ0v) is 18.2. The number of hydrogen-bond donors (Lipinski definition) is 3. The number of aromatic nitrogens is 2. The molecule has 35 heavy (non-hydrogen) atoms. The number of aromatic amines is 1. The van der Waals surface area contributed by atoms with Crippen LogP contribution in [0.25, 0.3) is 5.70 Å². The Labute approximate surface area is 199 Å². The first-order chi connectivity index (χ1) is 17.0. The number of benzene rings is 3. The number of allylic oxidation sites excluding steroid dienone is 1. The molecule has 1 atom stereocenters. The molecule has 2 aliphatic rings. The van der Waals surface area contributed by atoms with Gasteiger partial charge < -0.3 is 15.8 Å². The van der Waals surface area contributed by atoms with Gasteiger partial charge >= 0.3 is 5.97 Å². The standard InChI is InChI=1S/C27H18N4O4/c28-27-30-24-21(25(33)31-27)19(20-22(29-24)17-11-4-5-12-18(17)23(20)32)15-9-6-10-16(13-15)35-26(34)14-7-2-1-3-8-14/h1-13,19H,(H4,28,29,30,31,33). The highest BCUT2D eigenvalue weighted by Crippen LogP contribution is 2.48. The summed E-state index contributed by atoms with van der Waals surface area (Å²) in [5.41, 5.74) is 8.94. The zero-order valence-electron chi connectivity index (χ0n) is 18.2. The van der Waals surface area contributed by atoms with Crippen LogP contribution in [-0.4, -0.2) is 21.7 Å². The molecule has 170 valence electrons. The van der Waals surface area contributed by atoms with Gasteiger partial charge in [-0.25, -0.2) is 4.79 Å². The molecule has 0 spiro atoms. The second kappa shape index (κ2) is 7.81. The lowest BCUT2D eigenvalue weighted by molar-refractivity contribution is 0.0734. The molecule has 1 aliphatic heterocycles. The van der Waals surface area contributed by atoms with Crippen LogP contribution in [0.2, 0.25) is 0 Å². The summed E-state index contributed by atoms with van der Waals surface area (Å²) in [6, 6.07) is 22.7. The van der Waals surface area contributed by atoms with E-state index in [4.69, 9.17) is 10.5 Å². The van der Waals surface area contributed by atoms with Crippen molar-refractivity contribution in [1.82, 2.24) is 9.97 Å². The van der Waals surface area contributed by atoms with E-state index in [1.165, 1.54) is 0 Å². The quantitative estimate of drug-likeness (QED) is 0.313. The van der Waals surface area contributed by atoms with Crippen molar-refractivity contribution in [2.24, 2.45) is 0 Å². The Bertz CT molecular complexity index is 1620. The van der Waals surface area contributed by atoms with E-state index in [0.29, 0.717) is 33.7 Å². The predicted octanol–water partition coefficient (Wildman–Crippen LogP) is 3.74. The average molecular weight is 462 g/mol.